The van der Waals surface area contributed by atoms with Gasteiger partial charge in [0.1, 0.15) is 0 Å². The molecule has 0 aromatic rings. The lowest BCUT2D eigenvalue weighted by molar-refractivity contribution is 0.0762. The Labute approximate surface area is 69.8 Å². The minimum atomic E-state index is 0.380. The summed E-state index contributed by atoms with van der Waals surface area (Å²) in [6.45, 7) is 7.25. The molecule has 1 fully saturated rings. The van der Waals surface area contributed by atoms with Crippen LogP contribution in [0, 0.1) is 17.3 Å². The van der Waals surface area contributed by atoms with Crippen molar-refractivity contribution in [3.63, 3.8) is 0 Å². The zero-order valence-electron chi connectivity index (χ0n) is 7.93. The molecule has 2 atom stereocenters. The summed E-state index contributed by atoms with van der Waals surface area (Å²) < 4.78 is 0. The van der Waals surface area contributed by atoms with E-state index in [0.29, 0.717) is 17.9 Å². The Kier molecular flexibility index (Phi) is 2.58. The fourth-order valence-corrected chi connectivity index (χ4v) is 2.11. The van der Waals surface area contributed by atoms with Crippen molar-refractivity contribution in [2.45, 2.75) is 40.0 Å². The Morgan fingerprint density at radius 2 is 2.09 bits per heavy atom. The molecule has 1 aliphatic rings. The summed E-state index contributed by atoms with van der Waals surface area (Å²) in [4.78, 5) is 0. The van der Waals surface area contributed by atoms with Crippen LogP contribution in [0.2, 0.25) is 0 Å². The van der Waals surface area contributed by atoms with E-state index in [1.165, 1.54) is 19.3 Å². The Balaban J connectivity index is 2.51. The lowest BCUT2D eigenvalue weighted by Gasteiger charge is -2.38. The maximum atomic E-state index is 9.09. The summed E-state index contributed by atoms with van der Waals surface area (Å²) in [6, 6.07) is 0. The van der Waals surface area contributed by atoms with Gasteiger partial charge in [0.25, 0.3) is 0 Å². The fourth-order valence-electron chi connectivity index (χ4n) is 2.11. The van der Waals surface area contributed by atoms with Gasteiger partial charge in [0.2, 0.25) is 0 Å². The van der Waals surface area contributed by atoms with Gasteiger partial charge >= 0.3 is 0 Å². The third-order valence-electron chi connectivity index (χ3n) is 3.13. The summed E-state index contributed by atoms with van der Waals surface area (Å²) in [6.07, 6.45) is 3.81. The molecule has 1 rings (SSSR count). The van der Waals surface area contributed by atoms with Crippen LogP contribution >= 0.6 is 0 Å². The Morgan fingerprint density at radius 3 is 2.55 bits per heavy atom. The number of hydrogen-bond donors (Lipinski definition) is 1. The van der Waals surface area contributed by atoms with Gasteiger partial charge in [-0.15, -0.1) is 0 Å². The third-order valence-corrected chi connectivity index (χ3v) is 3.13. The number of rotatable bonds is 1. The first-order valence-electron chi connectivity index (χ1n) is 4.66. The number of aliphatic hydroxyl groups excluding tert-OH is 1. The molecule has 1 nitrogen and oxygen atoms in total. The molecule has 0 bridgehead atoms. The second kappa shape index (κ2) is 3.14. The van der Waals surface area contributed by atoms with Crippen LogP contribution in [0.4, 0.5) is 0 Å². The van der Waals surface area contributed by atoms with Crippen LogP contribution in [0.1, 0.15) is 40.0 Å². The lowest BCUT2D eigenvalue weighted by Crippen LogP contribution is -2.30. The van der Waals surface area contributed by atoms with Crippen LogP contribution in [0.3, 0.4) is 0 Å². The molecule has 0 radical (unpaired) electrons. The molecule has 0 aromatic heterocycles. The molecule has 2 unspecified atom stereocenters. The molecule has 0 aromatic carbocycles. The van der Waals surface area contributed by atoms with Gasteiger partial charge in [0.15, 0.2) is 0 Å². The molecular formula is C10H20O. The van der Waals surface area contributed by atoms with Gasteiger partial charge in [0, 0.05) is 6.61 Å². The molecule has 0 aliphatic heterocycles. The summed E-state index contributed by atoms with van der Waals surface area (Å²) in [7, 11) is 0. The van der Waals surface area contributed by atoms with E-state index in [9.17, 15) is 0 Å². The van der Waals surface area contributed by atoms with E-state index in [4.69, 9.17) is 5.11 Å². The fraction of sp³-hybridized carbons (Fsp3) is 1.00. The zero-order valence-corrected chi connectivity index (χ0v) is 7.93. The molecule has 1 heteroatoms. The normalized spacial score (nSPS) is 37.1. The minimum Gasteiger partial charge on any atom is -0.396 e. The quantitative estimate of drug-likeness (QED) is 0.618. The highest BCUT2D eigenvalue weighted by atomic mass is 16.3. The summed E-state index contributed by atoms with van der Waals surface area (Å²) in [5.41, 5.74) is 0.472. The topological polar surface area (TPSA) is 20.2 Å². The Morgan fingerprint density at radius 1 is 1.45 bits per heavy atom. The smallest absolute Gasteiger partial charge is 0.0462 e. The first-order valence-corrected chi connectivity index (χ1v) is 4.66. The molecule has 11 heavy (non-hydrogen) atoms. The predicted molar refractivity (Wildman–Crippen MR) is 47.4 cm³/mol. The predicted octanol–water partition coefficient (Wildman–Crippen LogP) is 2.44. The average Bonchev–Trinajstić information content (AvgIpc) is 1.94. The maximum absolute atomic E-state index is 9.09. The van der Waals surface area contributed by atoms with Crippen molar-refractivity contribution >= 4 is 0 Å². The summed E-state index contributed by atoms with van der Waals surface area (Å²) in [5.74, 6) is 1.28. The minimum absolute atomic E-state index is 0.380. The summed E-state index contributed by atoms with van der Waals surface area (Å²) >= 11 is 0. The van der Waals surface area contributed by atoms with Crippen molar-refractivity contribution in [3.8, 4) is 0 Å². The van der Waals surface area contributed by atoms with Crippen LogP contribution in [-0.4, -0.2) is 11.7 Å². The first-order chi connectivity index (χ1) is 5.05. The van der Waals surface area contributed by atoms with E-state index in [0.717, 1.165) is 5.92 Å². The zero-order chi connectivity index (χ0) is 8.48. The van der Waals surface area contributed by atoms with Crippen LogP contribution < -0.4 is 0 Å². The van der Waals surface area contributed by atoms with Crippen molar-refractivity contribution in [1.82, 2.24) is 0 Å². The summed E-state index contributed by atoms with van der Waals surface area (Å²) in [5, 5.41) is 9.09. The monoisotopic (exact) mass is 156 g/mol. The van der Waals surface area contributed by atoms with E-state index in [1.54, 1.807) is 0 Å². The number of hydrogen-bond acceptors (Lipinski definition) is 1. The van der Waals surface area contributed by atoms with Gasteiger partial charge in [-0.2, -0.15) is 0 Å². The Bertz CT molecular complexity index is 129. The van der Waals surface area contributed by atoms with Crippen LogP contribution in [-0.2, 0) is 0 Å². The second-order valence-electron chi connectivity index (χ2n) is 4.83. The molecular weight excluding hydrogens is 136 g/mol. The van der Waals surface area contributed by atoms with Crippen molar-refractivity contribution in [1.29, 1.82) is 0 Å². The highest BCUT2D eigenvalue weighted by Gasteiger charge is 2.31. The highest BCUT2D eigenvalue weighted by molar-refractivity contribution is 4.82. The van der Waals surface area contributed by atoms with Crippen molar-refractivity contribution in [2.24, 2.45) is 17.3 Å². The van der Waals surface area contributed by atoms with Crippen LogP contribution in [0.5, 0.6) is 0 Å². The van der Waals surface area contributed by atoms with Gasteiger partial charge in [0.05, 0.1) is 0 Å². The number of aliphatic hydroxyl groups is 1. The first kappa shape index (κ1) is 9.05. The molecule has 1 saturated carbocycles. The van der Waals surface area contributed by atoms with E-state index >= 15 is 0 Å². The largest absolute Gasteiger partial charge is 0.396 e. The highest BCUT2D eigenvalue weighted by Crippen LogP contribution is 2.41. The van der Waals surface area contributed by atoms with Crippen LogP contribution in [0.15, 0.2) is 0 Å². The SMILES string of the molecule is CC1CCC(C)(C)CC1CO. The molecule has 0 spiro atoms. The van der Waals surface area contributed by atoms with Gasteiger partial charge in [-0.3, -0.25) is 0 Å². The van der Waals surface area contributed by atoms with Crippen molar-refractivity contribution < 1.29 is 5.11 Å². The Hall–Kier alpha value is -0.0400. The van der Waals surface area contributed by atoms with Gasteiger partial charge in [-0.05, 0) is 36.5 Å². The third kappa shape index (κ3) is 2.19. The van der Waals surface area contributed by atoms with Gasteiger partial charge in [-0.1, -0.05) is 20.8 Å². The molecule has 0 heterocycles. The molecule has 1 aliphatic carbocycles. The van der Waals surface area contributed by atoms with Crippen molar-refractivity contribution in [3.05, 3.63) is 0 Å². The lowest BCUT2D eigenvalue weighted by atomic mass is 9.68. The second-order valence-corrected chi connectivity index (χ2v) is 4.83. The molecule has 1 N–H and O–H groups in total. The molecule has 66 valence electrons. The van der Waals surface area contributed by atoms with Crippen molar-refractivity contribution in [2.75, 3.05) is 6.61 Å². The average molecular weight is 156 g/mol. The molecule has 0 saturated heterocycles. The molecule has 0 amide bonds. The van der Waals surface area contributed by atoms with E-state index in [-0.39, 0.29) is 0 Å². The maximum Gasteiger partial charge on any atom is 0.0462 e. The van der Waals surface area contributed by atoms with Gasteiger partial charge < -0.3 is 5.11 Å². The van der Waals surface area contributed by atoms with Gasteiger partial charge in [-0.25, -0.2) is 0 Å². The van der Waals surface area contributed by atoms with E-state index in [2.05, 4.69) is 20.8 Å². The van der Waals surface area contributed by atoms with Crippen LogP contribution in [0.25, 0.3) is 0 Å². The standard InChI is InChI=1S/C10H20O/c1-8-4-5-10(2,3)6-9(8)7-11/h8-9,11H,4-7H2,1-3H3. The van der Waals surface area contributed by atoms with E-state index in [1.807, 2.05) is 0 Å². The van der Waals surface area contributed by atoms with E-state index < -0.39 is 0 Å².